The summed E-state index contributed by atoms with van der Waals surface area (Å²) < 4.78 is 26.2. The summed E-state index contributed by atoms with van der Waals surface area (Å²) in [4.78, 5) is 13.1. The summed E-state index contributed by atoms with van der Waals surface area (Å²) in [5.41, 5.74) is 0.380. The van der Waals surface area contributed by atoms with Gasteiger partial charge in [0, 0.05) is 16.0 Å². The number of rotatable bonds is 3. The predicted molar refractivity (Wildman–Crippen MR) is 73.0 cm³/mol. The van der Waals surface area contributed by atoms with E-state index in [1.807, 2.05) is 6.26 Å². The van der Waals surface area contributed by atoms with Gasteiger partial charge >= 0.3 is 0 Å². The molecule has 0 saturated carbocycles. The fourth-order valence-electron chi connectivity index (χ4n) is 1.67. The van der Waals surface area contributed by atoms with E-state index < -0.39 is 17.4 Å². The minimum absolute atomic E-state index is 0.0398. The normalized spacial score (nSPS) is 10.5. The zero-order chi connectivity index (χ0) is 14.0. The van der Waals surface area contributed by atoms with Crippen molar-refractivity contribution in [1.82, 2.24) is 0 Å². The lowest BCUT2D eigenvalue weighted by Gasteiger charge is -2.08. The molecule has 0 N–H and O–H groups in total. The molecule has 2 aromatic carbocycles. The summed E-state index contributed by atoms with van der Waals surface area (Å²) in [6.45, 7) is 0. The molecule has 0 atom stereocenters. The van der Waals surface area contributed by atoms with Crippen LogP contribution in [-0.2, 0) is 0 Å². The van der Waals surface area contributed by atoms with Crippen LogP contribution in [0.5, 0.6) is 0 Å². The predicted octanol–water partition coefficient (Wildman–Crippen LogP) is 4.57. The minimum atomic E-state index is -1.09. The largest absolute Gasteiger partial charge is 0.289 e. The number of carbonyl (C=O) groups is 1. The molecule has 0 saturated heterocycles. The minimum Gasteiger partial charge on any atom is -0.289 e. The fourth-order valence-corrected chi connectivity index (χ4v) is 2.51. The van der Waals surface area contributed by atoms with Crippen molar-refractivity contribution in [2.45, 2.75) is 4.90 Å². The van der Waals surface area contributed by atoms with Gasteiger partial charge in [0.05, 0.1) is 5.02 Å². The zero-order valence-corrected chi connectivity index (χ0v) is 11.5. The maximum absolute atomic E-state index is 13.2. The second-order valence-corrected chi connectivity index (χ2v) is 5.03. The van der Waals surface area contributed by atoms with Crippen LogP contribution in [-0.4, -0.2) is 12.0 Å². The number of hydrogen-bond donors (Lipinski definition) is 0. The molecule has 0 aromatic heterocycles. The number of ketones is 1. The van der Waals surface area contributed by atoms with Crippen LogP contribution < -0.4 is 0 Å². The monoisotopic (exact) mass is 298 g/mol. The average molecular weight is 299 g/mol. The Kier molecular flexibility index (Phi) is 4.22. The number of hydrogen-bond acceptors (Lipinski definition) is 2. The molecule has 0 spiro atoms. The molecular formula is C14H9ClF2OS. The topological polar surface area (TPSA) is 17.1 Å². The third-order valence-electron chi connectivity index (χ3n) is 2.61. The maximum Gasteiger partial charge on any atom is 0.195 e. The molecule has 0 aliphatic heterocycles. The molecule has 0 unspecified atom stereocenters. The highest BCUT2D eigenvalue weighted by Gasteiger charge is 2.18. The Morgan fingerprint density at radius 1 is 1.11 bits per heavy atom. The van der Waals surface area contributed by atoms with E-state index in [4.69, 9.17) is 11.6 Å². The highest BCUT2D eigenvalue weighted by Crippen LogP contribution is 2.27. The zero-order valence-electron chi connectivity index (χ0n) is 9.91. The summed E-state index contributed by atoms with van der Waals surface area (Å²) in [5, 5.41) is -0.0974. The molecule has 0 fully saturated rings. The average Bonchev–Trinajstić information content (AvgIpc) is 2.42. The summed E-state index contributed by atoms with van der Waals surface area (Å²) in [6.07, 6.45) is 1.83. The van der Waals surface area contributed by atoms with E-state index in [2.05, 4.69) is 0 Å². The van der Waals surface area contributed by atoms with Gasteiger partial charge in [0.1, 0.15) is 0 Å². The van der Waals surface area contributed by atoms with Gasteiger partial charge in [-0.1, -0.05) is 23.7 Å². The van der Waals surface area contributed by atoms with Crippen molar-refractivity contribution in [2.24, 2.45) is 0 Å². The van der Waals surface area contributed by atoms with Gasteiger partial charge in [-0.05, 0) is 30.5 Å². The lowest BCUT2D eigenvalue weighted by Crippen LogP contribution is -2.05. The van der Waals surface area contributed by atoms with E-state index in [9.17, 15) is 13.6 Å². The van der Waals surface area contributed by atoms with Gasteiger partial charge in [-0.3, -0.25) is 4.79 Å². The van der Waals surface area contributed by atoms with E-state index in [1.165, 1.54) is 11.8 Å². The number of thioether (sulfide) groups is 1. The molecule has 98 valence electrons. The van der Waals surface area contributed by atoms with Crippen molar-refractivity contribution >= 4 is 29.1 Å². The first kappa shape index (κ1) is 14.0. The molecule has 0 aliphatic rings. The van der Waals surface area contributed by atoms with Gasteiger partial charge < -0.3 is 0 Å². The number of carbonyl (C=O) groups excluding carboxylic acids is 1. The van der Waals surface area contributed by atoms with Crippen molar-refractivity contribution in [2.75, 3.05) is 6.26 Å². The highest BCUT2D eigenvalue weighted by atomic mass is 35.5. The van der Waals surface area contributed by atoms with Gasteiger partial charge in [-0.25, -0.2) is 8.78 Å². The molecule has 0 bridgehead atoms. The number of halogens is 3. The third kappa shape index (κ3) is 2.80. The Hall–Kier alpha value is -1.39. The summed E-state index contributed by atoms with van der Waals surface area (Å²) in [6, 6.07) is 8.57. The van der Waals surface area contributed by atoms with Crippen LogP contribution in [0.25, 0.3) is 0 Å². The van der Waals surface area contributed by atoms with Crippen LogP contribution in [0.2, 0.25) is 5.02 Å². The van der Waals surface area contributed by atoms with E-state index in [0.29, 0.717) is 5.56 Å². The Bertz CT molecular complexity index is 643. The molecule has 2 aromatic rings. The van der Waals surface area contributed by atoms with E-state index in [0.717, 1.165) is 17.0 Å². The van der Waals surface area contributed by atoms with Crippen LogP contribution in [0.15, 0.2) is 41.3 Å². The van der Waals surface area contributed by atoms with Crippen molar-refractivity contribution in [3.63, 3.8) is 0 Å². The van der Waals surface area contributed by atoms with Crippen molar-refractivity contribution in [1.29, 1.82) is 0 Å². The summed E-state index contributed by atoms with van der Waals surface area (Å²) >= 11 is 7.21. The quantitative estimate of drug-likeness (QED) is 0.469. The molecule has 19 heavy (non-hydrogen) atoms. The Morgan fingerprint density at radius 2 is 1.74 bits per heavy atom. The second kappa shape index (κ2) is 5.72. The molecular weight excluding hydrogens is 290 g/mol. The van der Waals surface area contributed by atoms with Gasteiger partial charge in [-0.15, -0.1) is 11.8 Å². The Labute approximate surface area is 118 Å². The molecule has 2 rings (SSSR count). The summed E-state index contributed by atoms with van der Waals surface area (Å²) in [5.74, 6) is -2.58. The van der Waals surface area contributed by atoms with Crippen LogP contribution in [0.4, 0.5) is 8.78 Å². The van der Waals surface area contributed by atoms with Gasteiger partial charge in [0.25, 0.3) is 0 Å². The van der Waals surface area contributed by atoms with Gasteiger partial charge in [0.2, 0.25) is 0 Å². The maximum atomic E-state index is 13.2. The number of benzene rings is 2. The second-order valence-electron chi connectivity index (χ2n) is 3.78. The third-order valence-corrected chi connectivity index (χ3v) is 3.71. The van der Waals surface area contributed by atoms with E-state index in [-0.39, 0.29) is 10.6 Å². The van der Waals surface area contributed by atoms with Gasteiger partial charge in [-0.2, -0.15) is 0 Å². The van der Waals surface area contributed by atoms with E-state index in [1.54, 1.807) is 24.3 Å². The molecule has 0 heterocycles. The molecule has 0 aliphatic carbocycles. The first-order valence-electron chi connectivity index (χ1n) is 5.37. The van der Waals surface area contributed by atoms with Crippen molar-refractivity contribution in [3.05, 3.63) is 64.2 Å². The first-order chi connectivity index (χ1) is 9.04. The first-order valence-corrected chi connectivity index (χ1v) is 6.97. The lowest BCUT2D eigenvalue weighted by atomic mass is 10.0. The van der Waals surface area contributed by atoms with Crippen molar-refractivity contribution in [3.8, 4) is 0 Å². The lowest BCUT2D eigenvalue weighted by molar-refractivity contribution is 0.103. The van der Waals surface area contributed by atoms with Gasteiger partial charge in [0.15, 0.2) is 17.4 Å². The Balaban J connectivity index is 2.53. The van der Waals surface area contributed by atoms with Crippen LogP contribution >= 0.6 is 23.4 Å². The molecule has 5 heteroatoms. The highest BCUT2D eigenvalue weighted by molar-refractivity contribution is 7.98. The smallest absolute Gasteiger partial charge is 0.195 e. The standard InChI is InChI=1S/C14H9ClF2OS/c1-19-13-5-3-2-4-8(13)14(18)9-6-11(16)12(17)7-10(9)15/h2-7H,1H3. The molecule has 0 radical (unpaired) electrons. The van der Waals surface area contributed by atoms with Crippen LogP contribution in [0.3, 0.4) is 0 Å². The summed E-state index contributed by atoms with van der Waals surface area (Å²) in [7, 11) is 0. The Morgan fingerprint density at radius 3 is 2.42 bits per heavy atom. The SMILES string of the molecule is CSc1ccccc1C(=O)c1cc(F)c(F)cc1Cl. The van der Waals surface area contributed by atoms with Crippen LogP contribution in [0, 0.1) is 11.6 Å². The molecule has 0 amide bonds. The van der Waals surface area contributed by atoms with Crippen molar-refractivity contribution < 1.29 is 13.6 Å². The van der Waals surface area contributed by atoms with E-state index >= 15 is 0 Å². The fraction of sp³-hybridized carbons (Fsp3) is 0.0714. The van der Waals surface area contributed by atoms with Crippen LogP contribution in [0.1, 0.15) is 15.9 Å². The molecule has 1 nitrogen and oxygen atoms in total.